The largest absolute Gasteiger partial charge is 0.436 e. The fraction of sp³-hybridized carbons (Fsp3) is 0.318. The number of aryl methyl sites for hydroxylation is 1. The van der Waals surface area contributed by atoms with Crippen molar-refractivity contribution in [3.05, 3.63) is 42.2 Å². The maximum Gasteiger partial charge on any atom is 0.410 e. The molecule has 0 N–H and O–H groups in total. The highest BCUT2D eigenvalue weighted by Gasteiger charge is 2.24. The predicted octanol–water partition coefficient (Wildman–Crippen LogP) is 2.78. The molecule has 1 aliphatic heterocycles. The summed E-state index contributed by atoms with van der Waals surface area (Å²) in [6.45, 7) is 5.96. The van der Waals surface area contributed by atoms with Gasteiger partial charge in [0.25, 0.3) is 5.89 Å². The molecule has 0 saturated carbocycles. The van der Waals surface area contributed by atoms with E-state index in [2.05, 4.69) is 31.9 Å². The Morgan fingerprint density at radius 3 is 2.61 bits per heavy atom. The van der Waals surface area contributed by atoms with E-state index in [1.807, 2.05) is 37.3 Å². The van der Waals surface area contributed by atoms with E-state index in [4.69, 9.17) is 14.1 Å². The van der Waals surface area contributed by atoms with E-state index in [9.17, 15) is 4.79 Å². The molecule has 1 aromatic carbocycles. The lowest BCUT2D eigenvalue weighted by atomic mass is 10.2. The molecule has 158 valence electrons. The van der Waals surface area contributed by atoms with Crippen LogP contribution in [0.2, 0.25) is 0 Å². The second-order valence-electron chi connectivity index (χ2n) is 6.90. The van der Waals surface area contributed by atoms with Crippen molar-refractivity contribution >= 4 is 11.9 Å². The molecular formula is C22H22N6O3. The van der Waals surface area contributed by atoms with E-state index in [-0.39, 0.29) is 12.7 Å². The molecule has 2 aromatic heterocycles. The first-order valence-corrected chi connectivity index (χ1v) is 9.95. The minimum Gasteiger partial charge on any atom is -0.436 e. The van der Waals surface area contributed by atoms with E-state index < -0.39 is 0 Å². The van der Waals surface area contributed by atoms with Gasteiger partial charge >= 0.3 is 6.09 Å². The van der Waals surface area contributed by atoms with Crippen LogP contribution in [0, 0.1) is 18.8 Å². The maximum absolute atomic E-state index is 12.1. The Morgan fingerprint density at radius 1 is 1.13 bits per heavy atom. The molecule has 1 aliphatic rings. The standard InChI is InChI=1S/C22H22N6O3/c1-3-4-14-30-22(29)28-12-10-27(11-13-28)18-15-23-16(2)19(24-18)21-26-25-20(31-21)17-8-6-5-7-9-17/h5-9,15H,10-14H2,1-2H3. The van der Waals surface area contributed by atoms with Crippen molar-refractivity contribution < 1.29 is 13.9 Å². The number of nitrogens with zero attached hydrogens (tertiary/aromatic N) is 6. The topological polar surface area (TPSA) is 97.5 Å². The lowest BCUT2D eigenvalue weighted by molar-refractivity contribution is 0.111. The predicted molar refractivity (Wildman–Crippen MR) is 114 cm³/mol. The molecule has 1 fully saturated rings. The van der Waals surface area contributed by atoms with E-state index in [1.54, 1.807) is 18.0 Å². The maximum atomic E-state index is 12.1. The molecule has 0 aliphatic carbocycles. The highest BCUT2D eigenvalue weighted by Crippen LogP contribution is 2.26. The van der Waals surface area contributed by atoms with E-state index in [0.717, 1.165) is 5.56 Å². The molecule has 0 radical (unpaired) electrons. The van der Waals surface area contributed by atoms with Crippen molar-refractivity contribution in [1.29, 1.82) is 0 Å². The number of hydrogen-bond donors (Lipinski definition) is 0. The van der Waals surface area contributed by atoms with Crippen LogP contribution in [0.1, 0.15) is 12.6 Å². The monoisotopic (exact) mass is 418 g/mol. The van der Waals surface area contributed by atoms with Crippen LogP contribution < -0.4 is 4.90 Å². The summed E-state index contributed by atoms with van der Waals surface area (Å²) in [5, 5.41) is 8.30. The second kappa shape index (κ2) is 9.26. The third-order valence-corrected chi connectivity index (χ3v) is 4.90. The number of rotatable bonds is 4. The van der Waals surface area contributed by atoms with Gasteiger partial charge < -0.3 is 19.0 Å². The zero-order valence-electron chi connectivity index (χ0n) is 17.4. The molecule has 0 spiro atoms. The summed E-state index contributed by atoms with van der Waals surface area (Å²) in [5.74, 6) is 6.88. The zero-order chi connectivity index (χ0) is 21.6. The molecule has 3 heterocycles. The molecule has 1 amide bonds. The van der Waals surface area contributed by atoms with Crippen molar-refractivity contribution in [2.45, 2.75) is 13.8 Å². The van der Waals surface area contributed by atoms with Gasteiger partial charge in [0.05, 0.1) is 11.9 Å². The minimum absolute atomic E-state index is 0.109. The smallest absolute Gasteiger partial charge is 0.410 e. The van der Waals surface area contributed by atoms with Crippen molar-refractivity contribution in [2.75, 3.05) is 37.7 Å². The van der Waals surface area contributed by atoms with Gasteiger partial charge in [0.15, 0.2) is 12.3 Å². The highest BCUT2D eigenvalue weighted by atomic mass is 16.6. The Hall–Kier alpha value is -3.93. The van der Waals surface area contributed by atoms with E-state index in [0.29, 0.717) is 55.2 Å². The Morgan fingerprint density at radius 2 is 1.87 bits per heavy atom. The number of hydrogen-bond acceptors (Lipinski definition) is 8. The molecule has 3 aromatic rings. The van der Waals surface area contributed by atoms with Gasteiger partial charge in [-0.15, -0.1) is 16.1 Å². The minimum atomic E-state index is -0.350. The van der Waals surface area contributed by atoms with Crippen molar-refractivity contribution in [3.8, 4) is 34.9 Å². The summed E-state index contributed by atoms with van der Waals surface area (Å²) in [6.07, 6.45) is 1.37. The summed E-state index contributed by atoms with van der Waals surface area (Å²) >= 11 is 0. The lowest BCUT2D eigenvalue weighted by Gasteiger charge is -2.34. The SMILES string of the molecule is CC#CCOC(=O)N1CCN(c2cnc(C)c(-c3nnc(-c4ccccc4)o3)n2)CC1. The van der Waals surface area contributed by atoms with Crippen LogP contribution in [0.5, 0.6) is 0 Å². The van der Waals surface area contributed by atoms with Gasteiger partial charge in [-0.05, 0) is 26.0 Å². The van der Waals surface area contributed by atoms with Crippen molar-refractivity contribution in [3.63, 3.8) is 0 Å². The van der Waals surface area contributed by atoms with Crippen LogP contribution in [0.4, 0.5) is 10.6 Å². The van der Waals surface area contributed by atoms with Gasteiger partial charge in [-0.25, -0.2) is 9.78 Å². The van der Waals surface area contributed by atoms with E-state index in [1.165, 1.54) is 0 Å². The van der Waals surface area contributed by atoms with Crippen LogP contribution >= 0.6 is 0 Å². The quantitative estimate of drug-likeness (QED) is 0.597. The number of carbonyl (C=O) groups excluding carboxylic acids is 1. The molecular weight excluding hydrogens is 396 g/mol. The van der Waals surface area contributed by atoms with Crippen LogP contribution in [0.3, 0.4) is 0 Å². The lowest BCUT2D eigenvalue weighted by Crippen LogP contribution is -2.49. The van der Waals surface area contributed by atoms with Crippen molar-refractivity contribution in [2.24, 2.45) is 0 Å². The van der Waals surface area contributed by atoms with Crippen LogP contribution in [0.15, 0.2) is 40.9 Å². The summed E-state index contributed by atoms with van der Waals surface area (Å²) < 4.78 is 11.0. The third-order valence-electron chi connectivity index (χ3n) is 4.90. The fourth-order valence-corrected chi connectivity index (χ4v) is 3.19. The molecule has 1 saturated heterocycles. The zero-order valence-corrected chi connectivity index (χ0v) is 17.4. The number of benzene rings is 1. The summed E-state index contributed by atoms with van der Waals surface area (Å²) in [7, 11) is 0. The second-order valence-corrected chi connectivity index (χ2v) is 6.90. The molecule has 9 nitrogen and oxygen atoms in total. The summed E-state index contributed by atoms with van der Waals surface area (Å²) in [5.41, 5.74) is 2.09. The average molecular weight is 418 g/mol. The van der Waals surface area contributed by atoms with Crippen LogP contribution in [-0.2, 0) is 4.74 Å². The number of aromatic nitrogens is 4. The molecule has 31 heavy (non-hydrogen) atoms. The van der Waals surface area contributed by atoms with Gasteiger partial charge in [0.2, 0.25) is 5.89 Å². The third kappa shape index (κ3) is 4.64. The Balaban J connectivity index is 1.46. The summed E-state index contributed by atoms with van der Waals surface area (Å²) in [6, 6.07) is 9.57. The summed E-state index contributed by atoms with van der Waals surface area (Å²) in [4.78, 5) is 25.0. The molecule has 0 bridgehead atoms. The van der Waals surface area contributed by atoms with Gasteiger partial charge in [-0.3, -0.25) is 4.98 Å². The first-order chi connectivity index (χ1) is 15.2. The van der Waals surface area contributed by atoms with Gasteiger partial charge in [-0.2, -0.15) is 0 Å². The van der Waals surface area contributed by atoms with Gasteiger partial charge in [0, 0.05) is 31.7 Å². The van der Waals surface area contributed by atoms with Gasteiger partial charge in [-0.1, -0.05) is 24.1 Å². The highest BCUT2D eigenvalue weighted by molar-refractivity contribution is 5.68. The van der Waals surface area contributed by atoms with Crippen LogP contribution in [0.25, 0.3) is 23.0 Å². The number of anilines is 1. The van der Waals surface area contributed by atoms with Gasteiger partial charge in [0.1, 0.15) is 5.82 Å². The van der Waals surface area contributed by atoms with Crippen molar-refractivity contribution in [1.82, 2.24) is 25.1 Å². The first kappa shape index (κ1) is 20.3. The number of piperazine rings is 1. The fourth-order valence-electron chi connectivity index (χ4n) is 3.19. The van der Waals surface area contributed by atoms with Crippen LogP contribution in [-0.4, -0.2) is 63.9 Å². The number of carbonyl (C=O) groups is 1. The Kier molecular flexibility index (Phi) is 6.08. The number of ether oxygens (including phenoxy) is 1. The van der Waals surface area contributed by atoms with E-state index >= 15 is 0 Å². The number of amides is 1. The normalized spacial score (nSPS) is 13.5. The molecule has 9 heteroatoms. The average Bonchev–Trinajstić information content (AvgIpc) is 3.30. The molecule has 4 rings (SSSR count). The first-order valence-electron chi connectivity index (χ1n) is 9.95. The molecule has 0 atom stereocenters. The molecule has 0 unspecified atom stereocenters. The Labute approximate surface area is 180 Å². The Bertz CT molecular complexity index is 1110.